The molecule has 0 aliphatic carbocycles. The van der Waals surface area contributed by atoms with Gasteiger partial charge in [0.05, 0.1) is 13.3 Å². The van der Waals surface area contributed by atoms with Crippen molar-refractivity contribution < 1.29 is 23.2 Å². The first-order valence-electron chi connectivity index (χ1n) is 8.51. The zero-order valence-electron chi connectivity index (χ0n) is 15.0. The van der Waals surface area contributed by atoms with Gasteiger partial charge in [-0.15, -0.1) is 0 Å². The van der Waals surface area contributed by atoms with Crippen molar-refractivity contribution in [2.24, 2.45) is 0 Å². The van der Waals surface area contributed by atoms with Gasteiger partial charge in [-0.05, 0) is 24.3 Å². The van der Waals surface area contributed by atoms with Crippen LogP contribution in [0.25, 0.3) is 22.6 Å². The van der Waals surface area contributed by atoms with Gasteiger partial charge in [-0.3, -0.25) is 0 Å². The van der Waals surface area contributed by atoms with Crippen LogP contribution in [0.4, 0.5) is 0 Å². The molecule has 2 aromatic carbocycles. The zero-order valence-corrected chi connectivity index (χ0v) is 15.0. The number of hydrogen-bond donors (Lipinski definition) is 0. The predicted octanol–water partition coefficient (Wildman–Crippen LogP) is 4.36. The number of esters is 1. The molecule has 7 heteroatoms. The van der Waals surface area contributed by atoms with Crippen molar-refractivity contribution in [1.29, 1.82) is 0 Å². The summed E-state index contributed by atoms with van der Waals surface area (Å²) in [5.74, 6) is 1.03. The van der Waals surface area contributed by atoms with Crippen LogP contribution in [0.5, 0.6) is 5.75 Å². The molecule has 0 amide bonds. The Hall–Kier alpha value is -3.87. The van der Waals surface area contributed by atoms with Crippen LogP contribution in [0, 0.1) is 0 Å². The number of carbonyl (C=O) groups excluding carboxylic acids is 1. The molecule has 0 aliphatic heterocycles. The highest BCUT2D eigenvalue weighted by Gasteiger charge is 2.17. The van der Waals surface area contributed by atoms with Crippen LogP contribution in [0.2, 0.25) is 0 Å². The molecule has 28 heavy (non-hydrogen) atoms. The van der Waals surface area contributed by atoms with Gasteiger partial charge in [0.15, 0.2) is 11.5 Å². The minimum Gasteiger partial charge on any atom is -0.497 e. The van der Waals surface area contributed by atoms with E-state index in [1.165, 1.54) is 6.20 Å². The Morgan fingerprint density at radius 1 is 1.00 bits per heavy atom. The Bertz CT molecular complexity index is 1070. The van der Waals surface area contributed by atoms with Gasteiger partial charge in [0.25, 0.3) is 0 Å². The summed E-state index contributed by atoms with van der Waals surface area (Å²) in [6.45, 7) is -0.0540. The van der Waals surface area contributed by atoms with Gasteiger partial charge in [0.2, 0.25) is 0 Å². The molecule has 4 rings (SSSR count). The van der Waals surface area contributed by atoms with E-state index < -0.39 is 5.97 Å². The molecule has 0 radical (unpaired) electrons. The SMILES string of the molecule is COc1ccc(-c2cc(COC(=O)c3ncc(-c4ccccc4)o3)no2)cc1. The molecule has 0 bridgehead atoms. The van der Waals surface area contributed by atoms with E-state index in [0.717, 1.165) is 16.9 Å². The van der Waals surface area contributed by atoms with Crippen molar-refractivity contribution in [2.75, 3.05) is 7.11 Å². The highest BCUT2D eigenvalue weighted by atomic mass is 16.5. The lowest BCUT2D eigenvalue weighted by molar-refractivity contribution is 0.0419. The van der Waals surface area contributed by atoms with E-state index in [1.807, 2.05) is 54.6 Å². The molecule has 4 aromatic rings. The Morgan fingerprint density at radius 3 is 2.50 bits per heavy atom. The molecule has 0 N–H and O–H groups in total. The van der Waals surface area contributed by atoms with Crippen molar-refractivity contribution in [2.45, 2.75) is 6.61 Å². The maximum atomic E-state index is 12.2. The third-order valence-corrected chi connectivity index (χ3v) is 4.02. The predicted molar refractivity (Wildman–Crippen MR) is 99.5 cm³/mol. The molecular weight excluding hydrogens is 360 g/mol. The summed E-state index contributed by atoms with van der Waals surface area (Å²) in [6, 6.07) is 18.4. The molecule has 7 nitrogen and oxygen atoms in total. The number of oxazole rings is 1. The average Bonchev–Trinajstić information content (AvgIpc) is 3.43. The van der Waals surface area contributed by atoms with Crippen molar-refractivity contribution >= 4 is 5.97 Å². The Kier molecular flexibility index (Phi) is 4.88. The molecule has 140 valence electrons. The number of rotatable bonds is 6. The van der Waals surface area contributed by atoms with Crippen LogP contribution in [-0.2, 0) is 11.3 Å². The number of benzene rings is 2. The van der Waals surface area contributed by atoms with Crippen LogP contribution in [0.3, 0.4) is 0 Å². The minimum atomic E-state index is -0.670. The number of hydrogen-bond acceptors (Lipinski definition) is 7. The van der Waals surface area contributed by atoms with Gasteiger partial charge in [0.1, 0.15) is 18.1 Å². The van der Waals surface area contributed by atoms with Gasteiger partial charge in [-0.1, -0.05) is 35.5 Å². The average molecular weight is 376 g/mol. The monoisotopic (exact) mass is 376 g/mol. The van der Waals surface area contributed by atoms with Gasteiger partial charge >= 0.3 is 11.9 Å². The fraction of sp³-hybridized carbons (Fsp3) is 0.0952. The van der Waals surface area contributed by atoms with E-state index in [1.54, 1.807) is 13.2 Å². The number of carbonyl (C=O) groups is 1. The smallest absolute Gasteiger partial charge is 0.395 e. The third-order valence-electron chi connectivity index (χ3n) is 4.02. The van der Waals surface area contributed by atoms with E-state index in [-0.39, 0.29) is 12.5 Å². The fourth-order valence-electron chi connectivity index (χ4n) is 2.58. The number of nitrogens with zero attached hydrogens (tertiary/aromatic N) is 2. The highest BCUT2D eigenvalue weighted by Crippen LogP contribution is 2.24. The van der Waals surface area contributed by atoms with Crippen molar-refractivity contribution in [3.05, 3.63) is 78.4 Å². The maximum absolute atomic E-state index is 12.2. The van der Waals surface area contributed by atoms with Crippen molar-refractivity contribution in [1.82, 2.24) is 10.1 Å². The van der Waals surface area contributed by atoms with Crippen molar-refractivity contribution in [3.63, 3.8) is 0 Å². The molecular formula is C21H16N2O5. The Balaban J connectivity index is 1.39. The second-order valence-electron chi connectivity index (χ2n) is 5.88. The molecule has 0 aliphatic rings. The van der Waals surface area contributed by atoms with Gasteiger partial charge in [-0.25, -0.2) is 9.78 Å². The molecule has 2 heterocycles. The second kappa shape index (κ2) is 7.79. The van der Waals surface area contributed by atoms with Gasteiger partial charge in [0, 0.05) is 17.2 Å². The summed E-state index contributed by atoms with van der Waals surface area (Å²) >= 11 is 0. The summed E-state index contributed by atoms with van der Waals surface area (Å²) in [7, 11) is 1.60. The van der Waals surface area contributed by atoms with Crippen molar-refractivity contribution in [3.8, 4) is 28.4 Å². The van der Waals surface area contributed by atoms with E-state index in [4.69, 9.17) is 18.4 Å². The van der Waals surface area contributed by atoms with Gasteiger partial charge in [-0.2, -0.15) is 0 Å². The summed E-state index contributed by atoms with van der Waals surface area (Å²) in [6.07, 6.45) is 1.49. The topological polar surface area (TPSA) is 87.6 Å². The number of aromatic nitrogens is 2. The molecule has 2 aromatic heterocycles. The minimum absolute atomic E-state index is 0.0540. The fourth-order valence-corrected chi connectivity index (χ4v) is 2.58. The van der Waals surface area contributed by atoms with Gasteiger partial charge < -0.3 is 18.4 Å². The Morgan fingerprint density at radius 2 is 1.75 bits per heavy atom. The lowest BCUT2D eigenvalue weighted by atomic mass is 10.1. The Labute approximate surface area is 160 Å². The van der Waals surface area contributed by atoms with Crippen LogP contribution in [0.1, 0.15) is 16.4 Å². The number of ether oxygens (including phenoxy) is 2. The maximum Gasteiger partial charge on any atom is 0.395 e. The summed E-state index contributed by atoms with van der Waals surface area (Å²) in [5.41, 5.74) is 2.15. The first kappa shape index (κ1) is 17.5. The molecule has 0 atom stereocenters. The molecule has 0 saturated heterocycles. The molecule has 0 fully saturated rings. The van der Waals surface area contributed by atoms with E-state index in [0.29, 0.717) is 17.2 Å². The van der Waals surface area contributed by atoms with Crippen LogP contribution in [0.15, 0.2) is 75.8 Å². The zero-order chi connectivity index (χ0) is 19.3. The normalized spacial score (nSPS) is 10.6. The molecule has 0 unspecified atom stereocenters. The van der Waals surface area contributed by atoms with Crippen LogP contribution in [-0.4, -0.2) is 23.2 Å². The second-order valence-corrected chi connectivity index (χ2v) is 5.88. The summed E-state index contributed by atoms with van der Waals surface area (Å²) in [5, 5.41) is 3.92. The quantitative estimate of drug-likeness (QED) is 0.462. The summed E-state index contributed by atoms with van der Waals surface area (Å²) in [4.78, 5) is 16.1. The third kappa shape index (κ3) is 3.78. The highest BCUT2D eigenvalue weighted by molar-refractivity contribution is 5.84. The largest absolute Gasteiger partial charge is 0.497 e. The number of methoxy groups -OCH3 is 1. The van der Waals surface area contributed by atoms with E-state index in [9.17, 15) is 4.79 Å². The van der Waals surface area contributed by atoms with Crippen LogP contribution >= 0.6 is 0 Å². The first-order valence-corrected chi connectivity index (χ1v) is 8.51. The molecule has 0 spiro atoms. The first-order chi connectivity index (χ1) is 13.7. The van der Waals surface area contributed by atoms with Crippen LogP contribution < -0.4 is 4.74 Å². The van der Waals surface area contributed by atoms with E-state index in [2.05, 4.69) is 10.1 Å². The lowest BCUT2D eigenvalue weighted by Gasteiger charge is -1.99. The lowest BCUT2D eigenvalue weighted by Crippen LogP contribution is -2.05. The molecule has 0 saturated carbocycles. The standard InChI is InChI=1S/C21H16N2O5/c1-25-17-9-7-15(8-10-17)18-11-16(23-28-18)13-26-21(24)20-22-12-19(27-20)14-5-3-2-4-6-14/h2-12H,13H2,1H3. The summed E-state index contributed by atoms with van der Waals surface area (Å²) < 4.78 is 21.1. The van der Waals surface area contributed by atoms with E-state index >= 15 is 0 Å².